The number of hydrazine groups is 1. The molecule has 0 radical (unpaired) electrons. The van der Waals surface area contributed by atoms with Crippen LogP contribution in [-0.2, 0) is 4.74 Å². The maximum Gasteiger partial charge on any atom is 0.341 e. The van der Waals surface area contributed by atoms with Crippen LogP contribution in [0.3, 0.4) is 0 Å². The number of nitro groups is 1. The van der Waals surface area contributed by atoms with E-state index in [0.29, 0.717) is 0 Å². The van der Waals surface area contributed by atoms with Crippen LogP contribution in [0.25, 0.3) is 0 Å². The molecule has 0 aliphatic rings. The molecule has 1 heterocycles. The van der Waals surface area contributed by atoms with Crippen molar-refractivity contribution in [2.75, 3.05) is 18.7 Å². The number of hydrogen-bond donors (Lipinski definition) is 1. The average molecular weight is 289 g/mol. The molecule has 0 unspecified atom stereocenters. The van der Waals surface area contributed by atoms with Gasteiger partial charge in [0.1, 0.15) is 10.6 Å². The van der Waals surface area contributed by atoms with Crippen LogP contribution < -0.4 is 10.9 Å². The number of nitrogens with two attached hydrogens (primary N) is 1. The largest absolute Gasteiger partial charge is 0.462 e. The SMILES string of the molecule is CCOC(=O)c1c(C)nc(N(C)N)c([N+](=O)[O-])c1Cl. The molecule has 8 nitrogen and oxygen atoms in total. The van der Waals surface area contributed by atoms with Gasteiger partial charge in [-0.3, -0.25) is 15.1 Å². The molecule has 9 heteroatoms. The van der Waals surface area contributed by atoms with Gasteiger partial charge in [-0.1, -0.05) is 11.6 Å². The van der Waals surface area contributed by atoms with Gasteiger partial charge in [-0.2, -0.15) is 0 Å². The molecule has 0 aliphatic carbocycles. The summed E-state index contributed by atoms with van der Waals surface area (Å²) in [5.74, 6) is 4.58. The summed E-state index contributed by atoms with van der Waals surface area (Å²) in [7, 11) is 1.38. The highest BCUT2D eigenvalue weighted by Crippen LogP contribution is 2.36. The lowest BCUT2D eigenvalue weighted by molar-refractivity contribution is -0.384. The van der Waals surface area contributed by atoms with Gasteiger partial charge in [-0.05, 0) is 13.8 Å². The number of esters is 1. The summed E-state index contributed by atoms with van der Waals surface area (Å²) in [4.78, 5) is 26.0. The minimum atomic E-state index is -0.758. The van der Waals surface area contributed by atoms with Crippen molar-refractivity contribution in [1.29, 1.82) is 0 Å². The maximum atomic E-state index is 11.7. The molecule has 0 bridgehead atoms. The molecular formula is C10H13ClN4O4. The van der Waals surface area contributed by atoms with Crippen LogP contribution in [0.4, 0.5) is 11.5 Å². The number of hydrogen-bond acceptors (Lipinski definition) is 7. The van der Waals surface area contributed by atoms with Crippen LogP contribution in [0.1, 0.15) is 23.0 Å². The van der Waals surface area contributed by atoms with Gasteiger partial charge in [0, 0.05) is 7.05 Å². The van der Waals surface area contributed by atoms with E-state index in [1.807, 2.05) is 0 Å². The Hall–Kier alpha value is -1.93. The fourth-order valence-corrected chi connectivity index (χ4v) is 1.86. The standard InChI is InChI=1S/C10H13ClN4O4/c1-4-19-10(16)6-5(2)13-9(14(3)12)8(7(6)11)15(17)18/h4,12H2,1-3H3. The Balaban J connectivity index is 3.57. The molecule has 1 aromatic rings. The number of anilines is 1. The Labute approximate surface area is 114 Å². The predicted octanol–water partition coefficient (Wildman–Crippen LogP) is 1.44. The number of nitrogens with zero attached hydrogens (tertiary/aromatic N) is 3. The highest BCUT2D eigenvalue weighted by molar-refractivity contribution is 6.36. The Morgan fingerprint density at radius 3 is 2.63 bits per heavy atom. The van der Waals surface area contributed by atoms with E-state index >= 15 is 0 Å². The summed E-state index contributed by atoms with van der Waals surface area (Å²) in [6, 6.07) is 0. The van der Waals surface area contributed by atoms with Gasteiger partial charge in [-0.15, -0.1) is 0 Å². The summed E-state index contributed by atoms with van der Waals surface area (Å²) >= 11 is 5.92. The van der Waals surface area contributed by atoms with Crippen LogP contribution in [-0.4, -0.2) is 29.5 Å². The maximum absolute atomic E-state index is 11.7. The number of ether oxygens (including phenoxy) is 1. The van der Waals surface area contributed by atoms with Crippen molar-refractivity contribution in [3.8, 4) is 0 Å². The minimum Gasteiger partial charge on any atom is -0.462 e. The Morgan fingerprint density at radius 1 is 1.63 bits per heavy atom. The lowest BCUT2D eigenvalue weighted by Crippen LogP contribution is -2.28. The number of rotatable bonds is 4. The van der Waals surface area contributed by atoms with Gasteiger partial charge < -0.3 is 4.74 Å². The van der Waals surface area contributed by atoms with Gasteiger partial charge >= 0.3 is 11.7 Å². The summed E-state index contributed by atoms with van der Waals surface area (Å²) in [5, 5.41) is 11.7. The zero-order valence-corrected chi connectivity index (χ0v) is 11.4. The topological polar surface area (TPSA) is 112 Å². The Bertz CT molecular complexity index is 533. The monoisotopic (exact) mass is 288 g/mol. The molecule has 1 aromatic heterocycles. The third-order valence-corrected chi connectivity index (χ3v) is 2.64. The molecule has 0 saturated carbocycles. The van der Waals surface area contributed by atoms with Crippen LogP contribution in [0, 0.1) is 17.0 Å². The first-order chi connectivity index (χ1) is 8.81. The van der Waals surface area contributed by atoms with Gasteiger partial charge in [0.2, 0.25) is 5.82 Å². The first kappa shape index (κ1) is 15.1. The number of carbonyl (C=O) groups excluding carboxylic acids is 1. The fourth-order valence-electron chi connectivity index (χ4n) is 1.49. The smallest absolute Gasteiger partial charge is 0.341 e. The zero-order chi connectivity index (χ0) is 14.7. The second-order valence-corrected chi connectivity index (χ2v) is 4.02. The second-order valence-electron chi connectivity index (χ2n) is 3.65. The van der Waals surface area contributed by atoms with E-state index in [-0.39, 0.29) is 28.7 Å². The van der Waals surface area contributed by atoms with E-state index in [9.17, 15) is 14.9 Å². The summed E-state index contributed by atoms with van der Waals surface area (Å²) in [6.07, 6.45) is 0. The third kappa shape index (κ3) is 2.91. The van der Waals surface area contributed by atoms with Gasteiger partial charge in [0.15, 0.2) is 0 Å². The fraction of sp³-hybridized carbons (Fsp3) is 0.400. The number of halogens is 1. The first-order valence-electron chi connectivity index (χ1n) is 5.31. The number of pyridine rings is 1. The summed E-state index contributed by atoms with van der Waals surface area (Å²) in [5.41, 5.74) is -0.442. The van der Waals surface area contributed by atoms with Crippen LogP contribution >= 0.6 is 11.6 Å². The van der Waals surface area contributed by atoms with Crippen molar-refractivity contribution in [2.24, 2.45) is 5.84 Å². The molecule has 0 saturated heterocycles. The molecule has 2 N–H and O–H groups in total. The zero-order valence-electron chi connectivity index (χ0n) is 10.6. The summed E-state index contributed by atoms with van der Waals surface area (Å²) < 4.78 is 4.79. The van der Waals surface area contributed by atoms with E-state index in [4.69, 9.17) is 22.2 Å². The van der Waals surface area contributed by atoms with E-state index in [0.717, 1.165) is 5.01 Å². The lowest BCUT2D eigenvalue weighted by atomic mass is 10.2. The van der Waals surface area contributed by atoms with Crippen molar-refractivity contribution < 1.29 is 14.5 Å². The second kappa shape index (κ2) is 5.81. The quantitative estimate of drug-likeness (QED) is 0.386. The molecule has 0 spiro atoms. The Morgan fingerprint density at radius 2 is 2.21 bits per heavy atom. The number of aromatic nitrogens is 1. The van der Waals surface area contributed by atoms with Crippen molar-refractivity contribution in [3.63, 3.8) is 0 Å². The molecule has 0 aromatic carbocycles. The summed E-state index contributed by atoms with van der Waals surface area (Å²) in [6.45, 7) is 3.24. The van der Waals surface area contributed by atoms with Crippen molar-refractivity contribution >= 4 is 29.1 Å². The van der Waals surface area contributed by atoms with Crippen LogP contribution in [0.5, 0.6) is 0 Å². The van der Waals surface area contributed by atoms with Crippen molar-refractivity contribution in [2.45, 2.75) is 13.8 Å². The highest BCUT2D eigenvalue weighted by atomic mass is 35.5. The normalized spacial score (nSPS) is 10.2. The third-order valence-electron chi connectivity index (χ3n) is 2.27. The average Bonchev–Trinajstić information content (AvgIpc) is 2.27. The number of aryl methyl sites for hydroxylation is 1. The van der Waals surface area contributed by atoms with Gasteiger partial charge in [-0.25, -0.2) is 15.6 Å². The predicted molar refractivity (Wildman–Crippen MR) is 69.2 cm³/mol. The molecular weight excluding hydrogens is 276 g/mol. The molecule has 0 amide bonds. The van der Waals surface area contributed by atoms with E-state index in [2.05, 4.69) is 4.98 Å². The van der Waals surface area contributed by atoms with E-state index < -0.39 is 16.6 Å². The molecule has 0 fully saturated rings. The highest BCUT2D eigenvalue weighted by Gasteiger charge is 2.30. The lowest BCUT2D eigenvalue weighted by Gasteiger charge is -2.15. The van der Waals surface area contributed by atoms with Crippen LogP contribution in [0.2, 0.25) is 5.02 Å². The van der Waals surface area contributed by atoms with Crippen molar-refractivity contribution in [3.05, 3.63) is 26.4 Å². The van der Waals surface area contributed by atoms with E-state index in [1.54, 1.807) is 6.92 Å². The Kier molecular flexibility index (Phi) is 4.62. The molecule has 104 valence electrons. The van der Waals surface area contributed by atoms with Crippen molar-refractivity contribution in [1.82, 2.24) is 4.98 Å². The molecule has 0 atom stereocenters. The first-order valence-corrected chi connectivity index (χ1v) is 5.69. The number of carbonyl (C=O) groups is 1. The molecule has 0 aliphatic heterocycles. The molecule has 19 heavy (non-hydrogen) atoms. The van der Waals surface area contributed by atoms with Gasteiger partial charge in [0.25, 0.3) is 0 Å². The van der Waals surface area contributed by atoms with Gasteiger partial charge in [0.05, 0.1) is 17.2 Å². The minimum absolute atomic E-state index is 0.124. The molecule has 1 rings (SSSR count). The van der Waals surface area contributed by atoms with E-state index in [1.165, 1.54) is 14.0 Å². The van der Waals surface area contributed by atoms with Crippen LogP contribution in [0.15, 0.2) is 0 Å².